The van der Waals surface area contributed by atoms with Crippen LogP contribution in [0.2, 0.25) is 0 Å². The highest BCUT2D eigenvalue weighted by molar-refractivity contribution is 5.91. The van der Waals surface area contributed by atoms with E-state index in [1.54, 1.807) is 9.80 Å². The summed E-state index contributed by atoms with van der Waals surface area (Å²) >= 11 is 0. The number of morpholine rings is 1. The van der Waals surface area contributed by atoms with E-state index >= 15 is 0 Å². The fourth-order valence-corrected chi connectivity index (χ4v) is 3.09. The zero-order valence-electron chi connectivity index (χ0n) is 15.0. The maximum absolute atomic E-state index is 12.4. The molecule has 0 aliphatic carbocycles. The molecule has 0 unspecified atom stereocenters. The molecule has 2 atom stereocenters. The van der Waals surface area contributed by atoms with E-state index < -0.39 is 18.0 Å². The van der Waals surface area contributed by atoms with E-state index in [0.29, 0.717) is 32.7 Å². The first-order valence-corrected chi connectivity index (χ1v) is 8.50. The first kappa shape index (κ1) is 19.9. The summed E-state index contributed by atoms with van der Waals surface area (Å²) in [5, 5.41) is 0. The number of rotatable bonds is 5. The standard InChI is InChI=1S/C17H24N2O7/c1-12(20)19-11-14(26-17(23)4-3-16(22)24-2)9-13(19)10-15(21)18-5-7-25-8-6-18/h3-4,13-14H,5-11H2,1-2H3/b4-3+/t13-,14+/m0/s1. The van der Waals surface area contributed by atoms with Crippen molar-refractivity contribution in [2.75, 3.05) is 40.0 Å². The van der Waals surface area contributed by atoms with Crippen LogP contribution in [0.15, 0.2) is 12.2 Å². The molecule has 0 aromatic rings. The third-order valence-corrected chi connectivity index (χ3v) is 4.39. The van der Waals surface area contributed by atoms with E-state index in [-0.39, 0.29) is 30.8 Å². The average Bonchev–Trinajstić information content (AvgIpc) is 3.02. The van der Waals surface area contributed by atoms with Gasteiger partial charge in [0, 0.05) is 51.0 Å². The lowest BCUT2D eigenvalue weighted by molar-refractivity contribution is -0.144. The third kappa shape index (κ3) is 5.55. The second-order valence-corrected chi connectivity index (χ2v) is 6.17. The van der Waals surface area contributed by atoms with E-state index in [1.165, 1.54) is 14.0 Å². The van der Waals surface area contributed by atoms with Gasteiger partial charge in [-0.25, -0.2) is 9.59 Å². The summed E-state index contributed by atoms with van der Waals surface area (Å²) in [6, 6.07) is -0.315. The number of ether oxygens (including phenoxy) is 3. The van der Waals surface area contributed by atoms with Gasteiger partial charge in [-0.3, -0.25) is 9.59 Å². The van der Waals surface area contributed by atoms with Crippen LogP contribution in [0.3, 0.4) is 0 Å². The zero-order valence-corrected chi connectivity index (χ0v) is 15.0. The number of hydrogen-bond donors (Lipinski definition) is 0. The minimum absolute atomic E-state index is 0.0397. The van der Waals surface area contributed by atoms with Crippen molar-refractivity contribution in [1.29, 1.82) is 0 Å². The Labute approximate surface area is 151 Å². The van der Waals surface area contributed by atoms with Crippen LogP contribution in [-0.2, 0) is 33.4 Å². The zero-order chi connectivity index (χ0) is 19.1. The molecule has 9 nitrogen and oxygen atoms in total. The van der Waals surface area contributed by atoms with Gasteiger partial charge >= 0.3 is 11.9 Å². The molecule has 0 radical (unpaired) electrons. The summed E-state index contributed by atoms with van der Waals surface area (Å²) in [4.78, 5) is 50.3. The first-order valence-electron chi connectivity index (χ1n) is 8.50. The summed E-state index contributed by atoms with van der Waals surface area (Å²) in [5.74, 6) is -1.56. The molecule has 0 spiro atoms. The van der Waals surface area contributed by atoms with Gasteiger partial charge in [0.05, 0.1) is 26.9 Å². The van der Waals surface area contributed by atoms with Gasteiger partial charge in [-0.1, -0.05) is 0 Å². The van der Waals surface area contributed by atoms with Gasteiger partial charge < -0.3 is 24.0 Å². The molecule has 2 fully saturated rings. The third-order valence-electron chi connectivity index (χ3n) is 4.39. The summed E-state index contributed by atoms with van der Waals surface area (Å²) in [6.45, 7) is 3.77. The second kappa shape index (κ2) is 9.33. The van der Waals surface area contributed by atoms with E-state index in [2.05, 4.69) is 4.74 Å². The maximum atomic E-state index is 12.4. The van der Waals surface area contributed by atoms with Gasteiger partial charge in [0.2, 0.25) is 11.8 Å². The Kier molecular flexibility index (Phi) is 7.14. The van der Waals surface area contributed by atoms with Crippen LogP contribution in [0.5, 0.6) is 0 Å². The number of likely N-dealkylation sites (tertiary alicyclic amines) is 1. The highest BCUT2D eigenvalue weighted by atomic mass is 16.5. The molecule has 0 aromatic carbocycles. The Hall–Kier alpha value is -2.42. The largest absolute Gasteiger partial charge is 0.466 e. The normalized spacial score (nSPS) is 23.2. The summed E-state index contributed by atoms with van der Waals surface area (Å²) in [7, 11) is 1.20. The summed E-state index contributed by atoms with van der Waals surface area (Å²) in [6.07, 6.45) is 2.01. The van der Waals surface area contributed by atoms with E-state index in [4.69, 9.17) is 9.47 Å². The highest BCUT2D eigenvalue weighted by Crippen LogP contribution is 2.24. The van der Waals surface area contributed by atoms with E-state index in [1.807, 2.05) is 0 Å². The predicted octanol–water partition coefficient (Wildman–Crippen LogP) is -0.503. The molecule has 0 saturated carbocycles. The molecule has 2 amide bonds. The molecule has 2 saturated heterocycles. The molecule has 9 heteroatoms. The number of esters is 2. The van der Waals surface area contributed by atoms with Crippen LogP contribution in [0.25, 0.3) is 0 Å². The fraction of sp³-hybridized carbons (Fsp3) is 0.647. The van der Waals surface area contributed by atoms with Crippen molar-refractivity contribution in [2.24, 2.45) is 0 Å². The van der Waals surface area contributed by atoms with Gasteiger partial charge in [0.25, 0.3) is 0 Å². The Morgan fingerprint density at radius 1 is 1.12 bits per heavy atom. The monoisotopic (exact) mass is 368 g/mol. The van der Waals surface area contributed by atoms with Crippen molar-refractivity contribution >= 4 is 23.8 Å². The van der Waals surface area contributed by atoms with Crippen molar-refractivity contribution in [2.45, 2.75) is 31.9 Å². The van der Waals surface area contributed by atoms with Crippen LogP contribution in [-0.4, -0.2) is 85.7 Å². The van der Waals surface area contributed by atoms with Crippen LogP contribution < -0.4 is 0 Å². The number of methoxy groups -OCH3 is 1. The molecule has 26 heavy (non-hydrogen) atoms. The minimum atomic E-state index is -0.691. The van der Waals surface area contributed by atoms with Crippen LogP contribution in [0, 0.1) is 0 Å². The number of carbonyl (C=O) groups is 4. The number of hydrogen-bond acceptors (Lipinski definition) is 7. The molecule has 0 N–H and O–H groups in total. The lowest BCUT2D eigenvalue weighted by Gasteiger charge is -2.29. The molecule has 0 aromatic heterocycles. The van der Waals surface area contributed by atoms with Gasteiger partial charge in [-0.15, -0.1) is 0 Å². The number of carbonyl (C=O) groups excluding carboxylic acids is 4. The van der Waals surface area contributed by atoms with E-state index in [0.717, 1.165) is 12.2 Å². The van der Waals surface area contributed by atoms with Crippen LogP contribution in [0.4, 0.5) is 0 Å². The molecule has 144 valence electrons. The molecule has 2 heterocycles. The fourth-order valence-electron chi connectivity index (χ4n) is 3.09. The average molecular weight is 368 g/mol. The minimum Gasteiger partial charge on any atom is -0.466 e. The van der Waals surface area contributed by atoms with Gasteiger partial charge in [-0.2, -0.15) is 0 Å². The number of nitrogens with zero attached hydrogens (tertiary/aromatic N) is 2. The Morgan fingerprint density at radius 2 is 1.77 bits per heavy atom. The smallest absolute Gasteiger partial charge is 0.331 e. The molecule has 2 rings (SSSR count). The van der Waals surface area contributed by atoms with Gasteiger partial charge in [-0.05, 0) is 0 Å². The predicted molar refractivity (Wildman–Crippen MR) is 88.8 cm³/mol. The quantitative estimate of drug-likeness (QED) is 0.476. The van der Waals surface area contributed by atoms with Crippen molar-refractivity contribution in [3.63, 3.8) is 0 Å². The van der Waals surface area contributed by atoms with Crippen LogP contribution >= 0.6 is 0 Å². The SMILES string of the molecule is COC(=O)/C=C/C(=O)O[C@@H]1C[C@@H](CC(=O)N2CCOCC2)N(C(C)=O)C1. The van der Waals surface area contributed by atoms with Crippen molar-refractivity contribution in [3.05, 3.63) is 12.2 Å². The van der Waals surface area contributed by atoms with Crippen molar-refractivity contribution in [1.82, 2.24) is 9.80 Å². The van der Waals surface area contributed by atoms with Gasteiger partial charge in [0.1, 0.15) is 6.10 Å². The first-order chi connectivity index (χ1) is 12.4. The summed E-state index contributed by atoms with van der Waals surface area (Å²) in [5.41, 5.74) is 0. The molecule has 0 bridgehead atoms. The lowest BCUT2D eigenvalue weighted by atomic mass is 10.1. The summed E-state index contributed by atoms with van der Waals surface area (Å²) < 4.78 is 14.9. The Balaban J connectivity index is 1.91. The molecular weight excluding hydrogens is 344 g/mol. The topological polar surface area (TPSA) is 102 Å². The second-order valence-electron chi connectivity index (χ2n) is 6.17. The highest BCUT2D eigenvalue weighted by Gasteiger charge is 2.37. The Bertz CT molecular complexity index is 584. The lowest BCUT2D eigenvalue weighted by Crippen LogP contribution is -2.44. The van der Waals surface area contributed by atoms with Gasteiger partial charge in [0.15, 0.2) is 0 Å². The van der Waals surface area contributed by atoms with Crippen LogP contribution in [0.1, 0.15) is 19.8 Å². The number of amides is 2. The van der Waals surface area contributed by atoms with Crippen molar-refractivity contribution < 1.29 is 33.4 Å². The van der Waals surface area contributed by atoms with E-state index in [9.17, 15) is 19.2 Å². The molecule has 2 aliphatic heterocycles. The maximum Gasteiger partial charge on any atom is 0.331 e. The Morgan fingerprint density at radius 3 is 2.38 bits per heavy atom. The van der Waals surface area contributed by atoms with Crippen molar-refractivity contribution in [3.8, 4) is 0 Å². The molecular formula is C17H24N2O7. The molecule has 2 aliphatic rings.